The molecule has 4 heteroatoms. The van der Waals surface area contributed by atoms with Crippen molar-refractivity contribution in [3.8, 4) is 0 Å². The van der Waals surface area contributed by atoms with Gasteiger partial charge in [0.05, 0.1) is 5.69 Å². The van der Waals surface area contributed by atoms with Crippen LogP contribution >= 0.6 is 11.3 Å². The van der Waals surface area contributed by atoms with Gasteiger partial charge in [-0.25, -0.2) is 4.98 Å². The fourth-order valence-electron chi connectivity index (χ4n) is 3.58. The molecule has 118 valence electrons. The van der Waals surface area contributed by atoms with Crippen molar-refractivity contribution >= 4 is 16.5 Å². The van der Waals surface area contributed by atoms with Gasteiger partial charge < -0.3 is 10.2 Å². The van der Waals surface area contributed by atoms with Crippen LogP contribution in [0.15, 0.2) is 0 Å². The second kappa shape index (κ2) is 5.54. The summed E-state index contributed by atoms with van der Waals surface area (Å²) in [5.41, 5.74) is 1.70. The van der Waals surface area contributed by atoms with Crippen LogP contribution in [0.3, 0.4) is 0 Å². The lowest BCUT2D eigenvalue weighted by molar-refractivity contribution is 0.260. The van der Waals surface area contributed by atoms with Crippen molar-refractivity contribution in [1.29, 1.82) is 0 Å². The van der Waals surface area contributed by atoms with E-state index in [1.165, 1.54) is 35.1 Å². The van der Waals surface area contributed by atoms with Crippen molar-refractivity contribution in [3.63, 3.8) is 0 Å². The van der Waals surface area contributed by atoms with Crippen molar-refractivity contribution < 1.29 is 0 Å². The zero-order valence-electron chi connectivity index (χ0n) is 14.1. The molecule has 1 fully saturated rings. The Morgan fingerprint density at radius 2 is 2.14 bits per heavy atom. The molecule has 1 N–H and O–H groups in total. The van der Waals surface area contributed by atoms with Crippen LogP contribution in [0, 0.1) is 17.3 Å². The third-order valence-electron chi connectivity index (χ3n) is 5.00. The van der Waals surface area contributed by atoms with Gasteiger partial charge in [0.1, 0.15) is 0 Å². The number of hydrogen-bond donors (Lipinski definition) is 1. The largest absolute Gasteiger partial charge is 0.351 e. The summed E-state index contributed by atoms with van der Waals surface area (Å²) in [6, 6.07) is 0.494. The molecular formula is C17H29N3S. The Balaban J connectivity index is 1.79. The van der Waals surface area contributed by atoms with Gasteiger partial charge in [-0.3, -0.25) is 0 Å². The second-order valence-corrected chi connectivity index (χ2v) is 8.83. The van der Waals surface area contributed by atoms with Crippen LogP contribution in [0.2, 0.25) is 0 Å². The topological polar surface area (TPSA) is 28.2 Å². The van der Waals surface area contributed by atoms with Crippen molar-refractivity contribution in [2.45, 2.75) is 53.0 Å². The number of nitrogens with one attached hydrogen (secondary N) is 1. The quantitative estimate of drug-likeness (QED) is 0.895. The first-order valence-corrected chi connectivity index (χ1v) is 9.15. The molecule has 3 unspecified atom stereocenters. The zero-order valence-corrected chi connectivity index (χ0v) is 14.9. The highest BCUT2D eigenvalue weighted by molar-refractivity contribution is 7.15. The van der Waals surface area contributed by atoms with Gasteiger partial charge in [-0.05, 0) is 43.1 Å². The zero-order chi connectivity index (χ0) is 15.2. The number of thiazole rings is 1. The first kappa shape index (κ1) is 15.3. The SMILES string of the molecule is CCNC1CC(C)(C)Cc2nc(N(C)CC3CC3C)sc21. The molecule has 0 spiro atoms. The number of anilines is 1. The van der Waals surface area contributed by atoms with Crippen molar-refractivity contribution in [3.05, 3.63) is 10.6 Å². The summed E-state index contributed by atoms with van der Waals surface area (Å²) >= 11 is 1.92. The summed E-state index contributed by atoms with van der Waals surface area (Å²) in [7, 11) is 2.21. The number of aromatic nitrogens is 1. The third-order valence-corrected chi connectivity index (χ3v) is 6.32. The molecule has 1 aromatic rings. The molecule has 0 radical (unpaired) electrons. The van der Waals surface area contributed by atoms with E-state index in [0.29, 0.717) is 11.5 Å². The summed E-state index contributed by atoms with van der Waals surface area (Å²) < 4.78 is 0. The molecule has 3 atom stereocenters. The van der Waals surface area contributed by atoms with Crippen molar-refractivity contribution in [2.75, 3.05) is 25.0 Å². The average molecular weight is 308 g/mol. The molecular weight excluding hydrogens is 278 g/mol. The summed E-state index contributed by atoms with van der Waals surface area (Å²) in [6.45, 7) is 11.5. The molecule has 2 aliphatic carbocycles. The standard InChI is InChI=1S/C17H29N3S/c1-6-18-13-8-17(3,4)9-14-15(13)21-16(19-14)20(5)10-12-7-11(12)2/h11-13,18H,6-10H2,1-5H3. The third kappa shape index (κ3) is 3.26. The smallest absolute Gasteiger partial charge is 0.185 e. The Morgan fingerprint density at radius 1 is 1.43 bits per heavy atom. The maximum Gasteiger partial charge on any atom is 0.185 e. The fourth-order valence-corrected chi connectivity index (χ4v) is 4.71. The monoisotopic (exact) mass is 307 g/mol. The number of fused-ring (bicyclic) bond motifs is 1. The Kier molecular flexibility index (Phi) is 4.04. The predicted octanol–water partition coefficient (Wildman–Crippen LogP) is 3.86. The van der Waals surface area contributed by atoms with Gasteiger partial charge in [-0.2, -0.15) is 0 Å². The molecule has 1 heterocycles. The van der Waals surface area contributed by atoms with Crippen LogP contribution in [0.5, 0.6) is 0 Å². The van der Waals surface area contributed by atoms with Crippen LogP contribution in [-0.2, 0) is 6.42 Å². The van der Waals surface area contributed by atoms with E-state index in [9.17, 15) is 0 Å². The van der Waals surface area contributed by atoms with Crippen LogP contribution in [-0.4, -0.2) is 25.1 Å². The number of rotatable bonds is 5. The van der Waals surface area contributed by atoms with E-state index in [1.807, 2.05) is 11.3 Å². The van der Waals surface area contributed by atoms with Crippen LogP contribution in [0.25, 0.3) is 0 Å². The van der Waals surface area contributed by atoms with E-state index in [-0.39, 0.29) is 0 Å². The van der Waals surface area contributed by atoms with Crippen molar-refractivity contribution in [2.24, 2.45) is 17.3 Å². The van der Waals surface area contributed by atoms with Gasteiger partial charge in [0.25, 0.3) is 0 Å². The van der Waals surface area contributed by atoms with Gasteiger partial charge >= 0.3 is 0 Å². The summed E-state index contributed by atoms with van der Waals surface area (Å²) in [5, 5.41) is 4.88. The molecule has 1 aromatic heterocycles. The highest BCUT2D eigenvalue weighted by Gasteiger charge is 2.37. The lowest BCUT2D eigenvalue weighted by atomic mass is 9.76. The minimum absolute atomic E-state index is 0.356. The van der Waals surface area contributed by atoms with E-state index >= 15 is 0 Å². The molecule has 3 nitrogen and oxygen atoms in total. The Labute approximate surface area is 133 Å². The summed E-state index contributed by atoms with van der Waals surface area (Å²) in [5.74, 6) is 1.80. The van der Waals surface area contributed by atoms with Gasteiger partial charge in [-0.1, -0.05) is 39.0 Å². The minimum atomic E-state index is 0.356. The van der Waals surface area contributed by atoms with Crippen LogP contribution in [0.4, 0.5) is 5.13 Å². The molecule has 1 saturated carbocycles. The maximum atomic E-state index is 4.99. The maximum absolute atomic E-state index is 4.99. The molecule has 0 aliphatic heterocycles. The van der Waals surface area contributed by atoms with Crippen molar-refractivity contribution in [1.82, 2.24) is 10.3 Å². The Morgan fingerprint density at radius 3 is 2.76 bits per heavy atom. The normalized spacial score (nSPS) is 30.0. The lowest BCUT2D eigenvalue weighted by Crippen LogP contribution is -2.32. The first-order valence-electron chi connectivity index (χ1n) is 8.33. The molecule has 0 aromatic carbocycles. The molecule has 3 rings (SSSR count). The van der Waals surface area contributed by atoms with Crippen LogP contribution < -0.4 is 10.2 Å². The van der Waals surface area contributed by atoms with Gasteiger partial charge in [-0.15, -0.1) is 0 Å². The fraction of sp³-hybridized carbons (Fsp3) is 0.824. The molecule has 0 saturated heterocycles. The minimum Gasteiger partial charge on any atom is -0.351 e. The Hall–Kier alpha value is -0.610. The van der Waals surface area contributed by atoms with E-state index in [4.69, 9.17) is 4.98 Å². The second-order valence-electron chi connectivity index (χ2n) is 7.82. The number of hydrogen-bond acceptors (Lipinski definition) is 4. The highest BCUT2D eigenvalue weighted by atomic mass is 32.1. The van der Waals surface area contributed by atoms with Gasteiger partial charge in [0.15, 0.2) is 5.13 Å². The first-order chi connectivity index (χ1) is 9.89. The summed E-state index contributed by atoms with van der Waals surface area (Å²) in [6.07, 6.45) is 3.73. The van der Waals surface area contributed by atoms with E-state index in [2.05, 4.69) is 45.0 Å². The van der Waals surface area contributed by atoms with Crippen LogP contribution in [0.1, 0.15) is 57.1 Å². The Bertz CT molecular complexity index is 508. The number of nitrogens with zero attached hydrogens (tertiary/aromatic N) is 2. The molecule has 0 bridgehead atoms. The predicted molar refractivity (Wildman–Crippen MR) is 91.2 cm³/mol. The molecule has 2 aliphatic rings. The van der Waals surface area contributed by atoms with E-state index < -0.39 is 0 Å². The van der Waals surface area contributed by atoms with Gasteiger partial charge in [0, 0.05) is 24.5 Å². The molecule has 21 heavy (non-hydrogen) atoms. The molecule has 0 amide bonds. The van der Waals surface area contributed by atoms with Gasteiger partial charge in [0.2, 0.25) is 0 Å². The average Bonchev–Trinajstić information content (AvgIpc) is 2.90. The lowest BCUT2D eigenvalue weighted by Gasteiger charge is -2.34. The van der Waals surface area contributed by atoms with E-state index in [1.54, 1.807) is 0 Å². The van der Waals surface area contributed by atoms with E-state index in [0.717, 1.165) is 24.8 Å². The highest BCUT2D eigenvalue weighted by Crippen LogP contribution is 2.45. The summed E-state index contributed by atoms with van der Waals surface area (Å²) in [4.78, 5) is 8.86.